The molecule has 2 aliphatic heterocycles. The number of hydroxylamine groups is 2. The van der Waals surface area contributed by atoms with Crippen LogP contribution in [0.1, 0.15) is 60.4 Å². The van der Waals surface area contributed by atoms with Gasteiger partial charge in [-0.2, -0.15) is 0 Å². The molecule has 2 heterocycles. The van der Waals surface area contributed by atoms with Crippen LogP contribution < -0.4 is 10.1 Å². The van der Waals surface area contributed by atoms with Crippen LogP contribution in [0.15, 0.2) is 182 Å². The molecule has 0 saturated carbocycles. The standard InChI is InChI=1S/2C27H27NO5/c2*1-19-23(20-13-7-4-8-14-20)33-28(22-17-11-6-12-18-22)24(21-15-9-5-10-16-21)27(19,25(29)31-2)26(30)32-3/h2*4-19,23-24H,1-3H3/t2*19-,23-,24+/m00/s1. The molecule has 0 N–H and O–H groups in total. The minimum absolute atomic E-state index is 0.607. The van der Waals surface area contributed by atoms with Crippen LogP contribution in [0.2, 0.25) is 0 Å². The Morgan fingerprint density at radius 2 is 0.606 bits per heavy atom. The number of nitrogens with zero attached hydrogens (tertiary/aromatic N) is 2. The summed E-state index contributed by atoms with van der Waals surface area (Å²) >= 11 is 0. The molecule has 0 aliphatic carbocycles. The third-order valence-corrected chi connectivity index (χ3v) is 12.7. The van der Waals surface area contributed by atoms with Crippen molar-refractivity contribution in [3.8, 4) is 0 Å². The molecule has 6 aromatic rings. The van der Waals surface area contributed by atoms with E-state index in [4.69, 9.17) is 28.6 Å². The molecule has 2 aliphatic rings. The fraction of sp³-hybridized carbons (Fsp3) is 0.259. The molecule has 0 spiro atoms. The number of methoxy groups -OCH3 is 4. The number of benzene rings is 6. The van der Waals surface area contributed by atoms with E-state index >= 15 is 0 Å². The van der Waals surface area contributed by atoms with Crippen molar-refractivity contribution in [2.24, 2.45) is 22.7 Å². The molecular formula is C54H54N2O10. The zero-order chi connectivity index (χ0) is 46.8. The largest absolute Gasteiger partial charge is 0.468 e. The highest BCUT2D eigenvalue weighted by molar-refractivity contribution is 6.03. The van der Waals surface area contributed by atoms with Gasteiger partial charge in [-0.3, -0.25) is 28.9 Å². The van der Waals surface area contributed by atoms with Crippen molar-refractivity contribution in [3.05, 3.63) is 204 Å². The first-order valence-electron chi connectivity index (χ1n) is 21.7. The van der Waals surface area contributed by atoms with Crippen molar-refractivity contribution >= 4 is 35.3 Å². The zero-order valence-corrected chi connectivity index (χ0v) is 37.8. The van der Waals surface area contributed by atoms with Crippen LogP contribution in [0.25, 0.3) is 0 Å². The van der Waals surface area contributed by atoms with Crippen molar-refractivity contribution in [2.45, 2.75) is 38.1 Å². The molecule has 6 atom stereocenters. The number of carbonyl (C=O) groups excluding carboxylic acids is 4. The second-order valence-electron chi connectivity index (χ2n) is 16.1. The predicted octanol–water partition coefficient (Wildman–Crippen LogP) is 9.78. The Labute approximate surface area is 385 Å². The van der Waals surface area contributed by atoms with E-state index in [9.17, 15) is 19.2 Å². The van der Waals surface area contributed by atoms with Crippen molar-refractivity contribution in [3.63, 3.8) is 0 Å². The maximum atomic E-state index is 13.6. The first-order chi connectivity index (χ1) is 32.1. The summed E-state index contributed by atoms with van der Waals surface area (Å²) in [5.74, 6) is -3.88. The lowest BCUT2D eigenvalue weighted by molar-refractivity contribution is -0.199. The summed E-state index contributed by atoms with van der Waals surface area (Å²) in [5, 5.41) is 3.31. The van der Waals surface area contributed by atoms with Crippen LogP contribution in [-0.4, -0.2) is 52.3 Å². The molecule has 6 aromatic carbocycles. The molecule has 66 heavy (non-hydrogen) atoms. The van der Waals surface area contributed by atoms with Crippen molar-refractivity contribution in [1.82, 2.24) is 0 Å². The third kappa shape index (κ3) is 8.41. The van der Waals surface area contributed by atoms with Gasteiger partial charge in [-0.25, -0.2) is 10.1 Å². The van der Waals surface area contributed by atoms with E-state index in [2.05, 4.69) is 0 Å². The molecule has 340 valence electrons. The lowest BCUT2D eigenvalue weighted by atomic mass is 9.64. The molecule has 2 fully saturated rings. The summed E-state index contributed by atoms with van der Waals surface area (Å²) in [5.41, 5.74) is 1.17. The number of rotatable bonds is 10. The molecule has 0 aromatic heterocycles. The van der Waals surface area contributed by atoms with Crippen molar-refractivity contribution < 1.29 is 47.8 Å². The van der Waals surface area contributed by atoms with Crippen LogP contribution in [0.3, 0.4) is 0 Å². The highest BCUT2D eigenvalue weighted by Crippen LogP contribution is 2.58. The summed E-state index contributed by atoms with van der Waals surface area (Å²) in [4.78, 5) is 67.7. The Morgan fingerprint density at radius 1 is 0.379 bits per heavy atom. The number of para-hydroxylation sites is 2. The summed E-state index contributed by atoms with van der Waals surface area (Å²) in [6.07, 6.45) is -1.21. The highest BCUT2D eigenvalue weighted by Gasteiger charge is 2.67. The van der Waals surface area contributed by atoms with Gasteiger partial charge < -0.3 is 18.9 Å². The van der Waals surface area contributed by atoms with E-state index in [-0.39, 0.29) is 0 Å². The van der Waals surface area contributed by atoms with Gasteiger partial charge in [-0.05, 0) is 46.5 Å². The SMILES string of the molecule is COC(=O)C1(C(=O)OC)[C@@H](C)[C@@H](c2ccccc2)ON(c2ccccc2)[C@@H]1c1ccccc1.COC(=O)C1(C(=O)OC)[C@@H](C)[C@@H](c2ccccc2)ON(c2ccccc2)[C@@H]1c1ccccc1. The smallest absolute Gasteiger partial charge is 0.326 e. The number of carbonyl (C=O) groups is 4. The Hall–Kier alpha value is -7.28. The molecule has 8 rings (SSSR count). The molecule has 0 bridgehead atoms. The topological polar surface area (TPSA) is 130 Å². The second-order valence-corrected chi connectivity index (χ2v) is 16.1. The normalized spacial score (nSPS) is 21.8. The van der Waals surface area contributed by atoms with Crippen LogP contribution in [0.4, 0.5) is 11.4 Å². The number of esters is 4. The van der Waals surface area contributed by atoms with E-state index < -0.39 is 70.8 Å². The van der Waals surface area contributed by atoms with Crippen LogP contribution >= 0.6 is 0 Å². The summed E-state index contributed by atoms with van der Waals surface area (Å²) in [6, 6.07) is 55.1. The fourth-order valence-electron chi connectivity index (χ4n) is 9.55. The van der Waals surface area contributed by atoms with Gasteiger partial charge in [-0.1, -0.05) is 172 Å². The molecule has 0 unspecified atom stereocenters. The molecular weight excluding hydrogens is 837 g/mol. The van der Waals surface area contributed by atoms with Crippen LogP contribution in [0.5, 0.6) is 0 Å². The first kappa shape index (κ1) is 46.7. The van der Waals surface area contributed by atoms with Gasteiger partial charge in [0, 0.05) is 11.8 Å². The first-order valence-corrected chi connectivity index (χ1v) is 21.7. The minimum atomic E-state index is -1.69. The van der Waals surface area contributed by atoms with Gasteiger partial charge in [0.2, 0.25) is 0 Å². The van der Waals surface area contributed by atoms with Gasteiger partial charge >= 0.3 is 23.9 Å². The van der Waals surface area contributed by atoms with E-state index in [1.807, 2.05) is 196 Å². The fourth-order valence-corrected chi connectivity index (χ4v) is 9.55. The predicted molar refractivity (Wildman–Crippen MR) is 248 cm³/mol. The lowest BCUT2D eigenvalue weighted by Gasteiger charge is -2.52. The molecule has 2 saturated heterocycles. The maximum Gasteiger partial charge on any atom is 0.326 e. The average Bonchev–Trinajstić information content (AvgIpc) is 3.39. The molecule has 12 heteroatoms. The maximum absolute atomic E-state index is 13.6. The van der Waals surface area contributed by atoms with Gasteiger partial charge in [-0.15, -0.1) is 0 Å². The minimum Gasteiger partial charge on any atom is -0.468 e. The van der Waals surface area contributed by atoms with Crippen molar-refractivity contribution in [2.75, 3.05) is 38.6 Å². The van der Waals surface area contributed by atoms with E-state index in [0.717, 1.165) is 22.3 Å². The summed E-state index contributed by atoms with van der Waals surface area (Å²) in [7, 11) is 5.17. The zero-order valence-electron chi connectivity index (χ0n) is 37.8. The van der Waals surface area contributed by atoms with Crippen LogP contribution in [0, 0.1) is 22.7 Å². The average molecular weight is 891 g/mol. The van der Waals surface area contributed by atoms with Crippen LogP contribution in [-0.2, 0) is 47.8 Å². The van der Waals surface area contributed by atoms with Gasteiger partial charge in [0.25, 0.3) is 0 Å². The number of hydrogen-bond donors (Lipinski definition) is 0. The summed E-state index contributed by atoms with van der Waals surface area (Å²) < 4.78 is 21.1. The van der Waals surface area contributed by atoms with E-state index in [1.54, 1.807) is 10.1 Å². The van der Waals surface area contributed by atoms with Gasteiger partial charge in [0.05, 0.1) is 39.8 Å². The van der Waals surface area contributed by atoms with E-state index in [0.29, 0.717) is 11.4 Å². The van der Waals surface area contributed by atoms with E-state index in [1.165, 1.54) is 28.4 Å². The number of anilines is 2. The van der Waals surface area contributed by atoms with Gasteiger partial charge in [0.15, 0.2) is 10.8 Å². The Morgan fingerprint density at radius 3 is 0.848 bits per heavy atom. The Balaban J connectivity index is 0.000000196. The van der Waals surface area contributed by atoms with Gasteiger partial charge in [0.1, 0.15) is 24.3 Å². The molecule has 12 nitrogen and oxygen atoms in total. The third-order valence-electron chi connectivity index (χ3n) is 12.7. The second kappa shape index (κ2) is 20.7. The number of ether oxygens (including phenoxy) is 4. The van der Waals surface area contributed by atoms with Crippen molar-refractivity contribution in [1.29, 1.82) is 0 Å². The summed E-state index contributed by atoms with van der Waals surface area (Å²) in [6.45, 7) is 3.67. The monoisotopic (exact) mass is 890 g/mol. The highest BCUT2D eigenvalue weighted by atomic mass is 16.7. The number of hydrogen-bond acceptors (Lipinski definition) is 12. The Kier molecular flexibility index (Phi) is 14.6. The Bertz CT molecular complexity index is 2320. The molecule has 0 radical (unpaired) electrons. The lowest BCUT2D eigenvalue weighted by Crippen LogP contribution is -2.61. The quantitative estimate of drug-likeness (QED) is 0.0738. The molecule has 0 amide bonds.